The van der Waals surface area contributed by atoms with Gasteiger partial charge in [-0.05, 0) is 36.1 Å². The fourth-order valence-electron chi connectivity index (χ4n) is 3.08. The highest BCUT2D eigenvalue weighted by Crippen LogP contribution is 2.28. The van der Waals surface area contributed by atoms with E-state index >= 15 is 0 Å². The largest absolute Gasteiger partial charge is 0.433 e. The predicted octanol–water partition coefficient (Wildman–Crippen LogP) is 3.44. The zero-order chi connectivity index (χ0) is 17.9. The SMILES string of the molecule is O=C(Cc1ccc(C(F)(F)F)nc1)N1CCCC(c2cccnc2)C1. The molecule has 1 aliphatic rings. The molecule has 1 amide bonds. The Morgan fingerprint density at radius 2 is 2.08 bits per heavy atom. The van der Waals surface area contributed by atoms with E-state index in [0.717, 1.165) is 30.7 Å². The minimum absolute atomic E-state index is 0.0604. The Morgan fingerprint density at radius 1 is 1.24 bits per heavy atom. The van der Waals surface area contributed by atoms with E-state index in [0.29, 0.717) is 18.7 Å². The van der Waals surface area contributed by atoms with Crippen molar-refractivity contribution in [2.24, 2.45) is 0 Å². The first kappa shape index (κ1) is 17.4. The smallest absolute Gasteiger partial charge is 0.342 e. The number of pyridine rings is 2. The average Bonchev–Trinajstić information content (AvgIpc) is 2.62. The molecule has 2 aromatic rings. The molecular weight excluding hydrogens is 331 g/mol. The van der Waals surface area contributed by atoms with Crippen LogP contribution in [0.15, 0.2) is 42.9 Å². The summed E-state index contributed by atoms with van der Waals surface area (Å²) in [5, 5.41) is 0. The summed E-state index contributed by atoms with van der Waals surface area (Å²) in [6.45, 7) is 1.28. The Kier molecular flexibility index (Phi) is 5.01. The molecule has 0 aromatic carbocycles. The van der Waals surface area contributed by atoms with Crippen molar-refractivity contribution in [2.75, 3.05) is 13.1 Å². The first-order valence-corrected chi connectivity index (χ1v) is 8.13. The molecule has 3 rings (SSSR count). The number of hydrogen-bond acceptors (Lipinski definition) is 3. The molecule has 0 saturated carbocycles. The van der Waals surface area contributed by atoms with Crippen molar-refractivity contribution in [2.45, 2.75) is 31.4 Å². The van der Waals surface area contributed by atoms with Gasteiger partial charge >= 0.3 is 6.18 Å². The fourth-order valence-corrected chi connectivity index (χ4v) is 3.08. The van der Waals surface area contributed by atoms with Gasteiger partial charge in [-0.25, -0.2) is 0 Å². The third kappa shape index (κ3) is 4.35. The molecule has 1 fully saturated rings. The number of piperidine rings is 1. The maximum Gasteiger partial charge on any atom is 0.433 e. The molecule has 0 spiro atoms. The van der Waals surface area contributed by atoms with Crippen LogP contribution in [0.4, 0.5) is 13.2 Å². The molecule has 7 heteroatoms. The number of rotatable bonds is 3. The van der Waals surface area contributed by atoms with E-state index in [1.807, 2.05) is 18.3 Å². The fraction of sp³-hybridized carbons (Fsp3) is 0.389. The number of nitrogens with zero attached hydrogens (tertiary/aromatic N) is 3. The highest BCUT2D eigenvalue weighted by Gasteiger charge is 2.32. The second-order valence-electron chi connectivity index (χ2n) is 6.19. The lowest BCUT2D eigenvalue weighted by atomic mass is 9.91. The van der Waals surface area contributed by atoms with Gasteiger partial charge in [0, 0.05) is 37.6 Å². The zero-order valence-corrected chi connectivity index (χ0v) is 13.5. The number of carbonyl (C=O) groups is 1. The number of halogens is 3. The summed E-state index contributed by atoms with van der Waals surface area (Å²) < 4.78 is 37.6. The second kappa shape index (κ2) is 7.21. The Labute approximate surface area is 143 Å². The van der Waals surface area contributed by atoms with Gasteiger partial charge < -0.3 is 4.90 Å². The van der Waals surface area contributed by atoms with Crippen molar-refractivity contribution in [3.63, 3.8) is 0 Å². The third-order valence-corrected chi connectivity index (χ3v) is 4.40. The van der Waals surface area contributed by atoms with Crippen LogP contribution in [0.5, 0.6) is 0 Å². The van der Waals surface area contributed by atoms with Gasteiger partial charge in [0.2, 0.25) is 5.91 Å². The minimum Gasteiger partial charge on any atom is -0.342 e. The third-order valence-electron chi connectivity index (χ3n) is 4.40. The van der Waals surface area contributed by atoms with Gasteiger partial charge in [0.05, 0.1) is 6.42 Å². The normalized spacial score (nSPS) is 18.2. The van der Waals surface area contributed by atoms with E-state index in [9.17, 15) is 18.0 Å². The topological polar surface area (TPSA) is 46.1 Å². The van der Waals surface area contributed by atoms with Crippen molar-refractivity contribution >= 4 is 5.91 Å². The van der Waals surface area contributed by atoms with Gasteiger partial charge in [0.15, 0.2) is 0 Å². The monoisotopic (exact) mass is 349 g/mol. The Hall–Kier alpha value is -2.44. The lowest BCUT2D eigenvalue weighted by Crippen LogP contribution is -2.40. The van der Waals surface area contributed by atoms with E-state index in [4.69, 9.17) is 0 Å². The Balaban J connectivity index is 1.63. The van der Waals surface area contributed by atoms with Crippen LogP contribution in [-0.2, 0) is 17.4 Å². The summed E-state index contributed by atoms with van der Waals surface area (Å²) in [7, 11) is 0. The molecule has 132 valence electrons. The molecular formula is C18H18F3N3O. The van der Waals surface area contributed by atoms with Crippen LogP contribution in [0.2, 0.25) is 0 Å². The van der Waals surface area contributed by atoms with Crippen LogP contribution < -0.4 is 0 Å². The maximum atomic E-state index is 12.5. The summed E-state index contributed by atoms with van der Waals surface area (Å²) in [5.41, 5.74) is 0.649. The Bertz CT molecular complexity index is 717. The molecule has 25 heavy (non-hydrogen) atoms. The molecule has 1 unspecified atom stereocenters. The molecule has 1 aliphatic heterocycles. The van der Waals surface area contributed by atoms with Crippen LogP contribution in [0.3, 0.4) is 0 Å². The van der Waals surface area contributed by atoms with Gasteiger partial charge in [0.25, 0.3) is 0 Å². The average molecular weight is 349 g/mol. The van der Waals surface area contributed by atoms with E-state index < -0.39 is 11.9 Å². The minimum atomic E-state index is -4.47. The highest BCUT2D eigenvalue weighted by atomic mass is 19.4. The van der Waals surface area contributed by atoms with Gasteiger partial charge in [-0.1, -0.05) is 12.1 Å². The number of carbonyl (C=O) groups excluding carboxylic acids is 1. The number of likely N-dealkylation sites (tertiary alicyclic amines) is 1. The number of hydrogen-bond donors (Lipinski definition) is 0. The van der Waals surface area contributed by atoms with Crippen LogP contribution in [-0.4, -0.2) is 33.9 Å². The quantitative estimate of drug-likeness (QED) is 0.853. The molecule has 0 N–H and O–H groups in total. The van der Waals surface area contributed by atoms with Crippen molar-refractivity contribution in [3.05, 3.63) is 59.7 Å². The molecule has 0 aliphatic carbocycles. The van der Waals surface area contributed by atoms with Gasteiger partial charge in [-0.15, -0.1) is 0 Å². The summed E-state index contributed by atoms with van der Waals surface area (Å²) >= 11 is 0. The standard InChI is InChI=1S/C18H18F3N3O/c19-18(20,21)16-6-5-13(10-23-16)9-17(25)24-8-2-4-15(12-24)14-3-1-7-22-11-14/h1,3,5-7,10-11,15H,2,4,8-9,12H2. The van der Waals surface area contributed by atoms with Crippen molar-refractivity contribution in [3.8, 4) is 0 Å². The molecule has 3 heterocycles. The molecule has 0 bridgehead atoms. The van der Waals surface area contributed by atoms with E-state index in [-0.39, 0.29) is 18.2 Å². The van der Waals surface area contributed by atoms with Gasteiger partial charge in [0.1, 0.15) is 5.69 Å². The summed E-state index contributed by atoms with van der Waals surface area (Å²) in [4.78, 5) is 21.8. The van der Waals surface area contributed by atoms with Crippen LogP contribution in [0, 0.1) is 0 Å². The second-order valence-corrected chi connectivity index (χ2v) is 6.19. The lowest BCUT2D eigenvalue weighted by molar-refractivity contribution is -0.141. The van der Waals surface area contributed by atoms with E-state index in [2.05, 4.69) is 9.97 Å². The number of amides is 1. The van der Waals surface area contributed by atoms with Crippen molar-refractivity contribution < 1.29 is 18.0 Å². The maximum absolute atomic E-state index is 12.5. The highest BCUT2D eigenvalue weighted by molar-refractivity contribution is 5.78. The molecule has 1 saturated heterocycles. The summed E-state index contributed by atoms with van der Waals surface area (Å²) in [5.74, 6) is 0.160. The molecule has 4 nitrogen and oxygen atoms in total. The lowest BCUT2D eigenvalue weighted by Gasteiger charge is -2.33. The van der Waals surface area contributed by atoms with Gasteiger partial charge in [-0.3, -0.25) is 14.8 Å². The summed E-state index contributed by atoms with van der Waals surface area (Å²) in [6, 6.07) is 6.11. The molecule has 2 aromatic heterocycles. The first-order chi connectivity index (χ1) is 11.9. The number of alkyl halides is 3. The van der Waals surface area contributed by atoms with Crippen LogP contribution in [0.1, 0.15) is 35.6 Å². The van der Waals surface area contributed by atoms with Crippen molar-refractivity contribution in [1.29, 1.82) is 0 Å². The number of aromatic nitrogens is 2. The summed E-state index contributed by atoms with van der Waals surface area (Å²) in [6.07, 6.45) is 2.15. The van der Waals surface area contributed by atoms with E-state index in [1.165, 1.54) is 6.07 Å². The van der Waals surface area contributed by atoms with Crippen LogP contribution in [0.25, 0.3) is 0 Å². The van der Waals surface area contributed by atoms with Crippen molar-refractivity contribution in [1.82, 2.24) is 14.9 Å². The molecule has 1 atom stereocenters. The molecule has 0 radical (unpaired) electrons. The Morgan fingerprint density at radius 3 is 2.72 bits per heavy atom. The predicted molar refractivity (Wildman–Crippen MR) is 85.7 cm³/mol. The van der Waals surface area contributed by atoms with E-state index in [1.54, 1.807) is 11.1 Å². The van der Waals surface area contributed by atoms with Gasteiger partial charge in [-0.2, -0.15) is 13.2 Å². The zero-order valence-electron chi connectivity index (χ0n) is 13.5. The van der Waals surface area contributed by atoms with Crippen LogP contribution >= 0.6 is 0 Å². The first-order valence-electron chi connectivity index (χ1n) is 8.13.